The van der Waals surface area contributed by atoms with E-state index in [1.165, 1.54) is 11.3 Å². The van der Waals surface area contributed by atoms with E-state index in [0.717, 1.165) is 16.0 Å². The first-order chi connectivity index (χ1) is 8.79. The van der Waals surface area contributed by atoms with Crippen molar-refractivity contribution in [2.75, 3.05) is 10.5 Å². The molecule has 0 amide bonds. The molecular formula is C13H16N2O2S2. The number of rotatable bonds is 3. The quantitative estimate of drug-likeness (QED) is 0.855. The summed E-state index contributed by atoms with van der Waals surface area (Å²) in [5.74, 6) is 0. The first kappa shape index (κ1) is 13.9. The molecule has 4 nitrogen and oxygen atoms in total. The summed E-state index contributed by atoms with van der Waals surface area (Å²) in [6, 6.07) is 6.92. The fourth-order valence-corrected chi connectivity index (χ4v) is 4.14. The normalized spacial score (nSPS) is 11.5. The number of hydrogen-bond acceptors (Lipinski definition) is 4. The van der Waals surface area contributed by atoms with Gasteiger partial charge in [-0.3, -0.25) is 4.72 Å². The Balaban J connectivity index is 2.38. The Morgan fingerprint density at radius 1 is 1.11 bits per heavy atom. The van der Waals surface area contributed by atoms with Gasteiger partial charge in [0.25, 0.3) is 10.0 Å². The largest absolute Gasteiger partial charge is 0.398 e. The SMILES string of the molecule is Cc1ccc(S(=O)(=O)Nc2cc(N)c(C)cc2C)s1. The fraction of sp³-hybridized carbons (Fsp3) is 0.231. The Bertz CT molecular complexity index is 718. The lowest BCUT2D eigenvalue weighted by molar-refractivity contribution is 0.603. The molecule has 0 bridgehead atoms. The molecule has 0 fully saturated rings. The van der Waals surface area contributed by atoms with Crippen molar-refractivity contribution < 1.29 is 8.42 Å². The second-order valence-corrected chi connectivity index (χ2v) is 7.69. The fourth-order valence-electron chi connectivity index (χ4n) is 1.73. The lowest BCUT2D eigenvalue weighted by atomic mass is 10.1. The van der Waals surface area contributed by atoms with Gasteiger partial charge in [0.2, 0.25) is 0 Å². The molecule has 3 N–H and O–H groups in total. The topological polar surface area (TPSA) is 72.2 Å². The molecule has 2 aromatic rings. The van der Waals surface area contributed by atoms with Gasteiger partial charge >= 0.3 is 0 Å². The molecule has 0 atom stereocenters. The van der Waals surface area contributed by atoms with Crippen molar-refractivity contribution in [2.45, 2.75) is 25.0 Å². The molecule has 6 heteroatoms. The van der Waals surface area contributed by atoms with Gasteiger partial charge in [0.15, 0.2) is 0 Å². The second-order valence-electron chi connectivity index (χ2n) is 4.49. The van der Waals surface area contributed by atoms with E-state index in [1.807, 2.05) is 26.8 Å². The maximum absolute atomic E-state index is 12.2. The number of benzene rings is 1. The van der Waals surface area contributed by atoms with E-state index in [0.29, 0.717) is 15.6 Å². The van der Waals surface area contributed by atoms with Gasteiger partial charge < -0.3 is 5.73 Å². The average molecular weight is 296 g/mol. The highest BCUT2D eigenvalue weighted by molar-refractivity contribution is 7.94. The van der Waals surface area contributed by atoms with Crippen LogP contribution in [0.15, 0.2) is 28.5 Å². The number of nitrogens with two attached hydrogens (primary N) is 1. The molecule has 1 aromatic heterocycles. The lowest BCUT2D eigenvalue weighted by Gasteiger charge is -2.11. The summed E-state index contributed by atoms with van der Waals surface area (Å²) in [6.07, 6.45) is 0. The highest BCUT2D eigenvalue weighted by atomic mass is 32.2. The smallest absolute Gasteiger partial charge is 0.271 e. The molecule has 0 saturated heterocycles. The first-order valence-corrected chi connectivity index (χ1v) is 8.05. The third-order valence-corrected chi connectivity index (χ3v) is 5.70. The summed E-state index contributed by atoms with van der Waals surface area (Å²) < 4.78 is 27.3. The zero-order valence-electron chi connectivity index (χ0n) is 11.0. The minimum atomic E-state index is -3.53. The van der Waals surface area contributed by atoms with Crippen LogP contribution in [0.25, 0.3) is 0 Å². The maximum Gasteiger partial charge on any atom is 0.271 e. The molecule has 19 heavy (non-hydrogen) atoms. The van der Waals surface area contributed by atoms with Crippen LogP contribution in [0.4, 0.5) is 11.4 Å². The van der Waals surface area contributed by atoms with Crippen molar-refractivity contribution >= 4 is 32.7 Å². The van der Waals surface area contributed by atoms with Crippen LogP contribution in [0.5, 0.6) is 0 Å². The number of aryl methyl sites for hydroxylation is 3. The van der Waals surface area contributed by atoms with Crippen molar-refractivity contribution in [3.8, 4) is 0 Å². The third kappa shape index (κ3) is 2.90. The molecule has 1 heterocycles. The van der Waals surface area contributed by atoms with Gasteiger partial charge in [0, 0.05) is 10.6 Å². The van der Waals surface area contributed by atoms with Gasteiger partial charge in [0.1, 0.15) is 4.21 Å². The third-order valence-electron chi connectivity index (χ3n) is 2.84. The summed E-state index contributed by atoms with van der Waals surface area (Å²) in [4.78, 5) is 0.959. The number of nitrogen functional groups attached to an aromatic ring is 1. The van der Waals surface area contributed by atoms with Gasteiger partial charge in [-0.05, 0) is 50.1 Å². The zero-order valence-corrected chi connectivity index (χ0v) is 12.7. The van der Waals surface area contributed by atoms with Crippen molar-refractivity contribution in [1.29, 1.82) is 0 Å². The van der Waals surface area contributed by atoms with Gasteiger partial charge in [-0.15, -0.1) is 11.3 Å². The number of sulfonamides is 1. The van der Waals surface area contributed by atoms with E-state index < -0.39 is 10.0 Å². The number of anilines is 2. The summed E-state index contributed by atoms with van der Waals surface area (Å²) in [5, 5.41) is 0. The molecule has 0 unspecified atom stereocenters. The monoisotopic (exact) mass is 296 g/mol. The van der Waals surface area contributed by atoms with Crippen molar-refractivity contribution in [1.82, 2.24) is 0 Å². The molecule has 0 aliphatic heterocycles. The standard InChI is InChI=1S/C13H16N2O2S2/c1-8-6-9(2)12(7-11(8)14)15-19(16,17)13-5-4-10(3)18-13/h4-7,15H,14H2,1-3H3. The Hall–Kier alpha value is -1.53. The Morgan fingerprint density at radius 3 is 2.37 bits per heavy atom. The van der Waals surface area contributed by atoms with Gasteiger partial charge in [-0.2, -0.15) is 0 Å². The van der Waals surface area contributed by atoms with E-state index in [1.54, 1.807) is 18.2 Å². The number of hydrogen-bond donors (Lipinski definition) is 2. The van der Waals surface area contributed by atoms with Gasteiger partial charge in [-0.1, -0.05) is 6.07 Å². The maximum atomic E-state index is 12.2. The van der Waals surface area contributed by atoms with E-state index in [4.69, 9.17) is 5.73 Å². The molecule has 0 aliphatic carbocycles. The lowest BCUT2D eigenvalue weighted by Crippen LogP contribution is -2.12. The van der Waals surface area contributed by atoms with E-state index in [9.17, 15) is 8.42 Å². The predicted octanol–water partition coefficient (Wildman–Crippen LogP) is 3.06. The minimum absolute atomic E-state index is 0.309. The van der Waals surface area contributed by atoms with Crippen LogP contribution in [0, 0.1) is 20.8 Å². The predicted molar refractivity (Wildman–Crippen MR) is 80.2 cm³/mol. The molecule has 0 saturated carbocycles. The van der Waals surface area contributed by atoms with Crippen molar-refractivity contribution in [3.05, 3.63) is 40.3 Å². The molecule has 0 aliphatic rings. The summed E-state index contributed by atoms with van der Waals surface area (Å²) in [7, 11) is -3.53. The zero-order chi connectivity index (χ0) is 14.2. The van der Waals surface area contributed by atoms with E-state index in [2.05, 4.69) is 4.72 Å². The molecule has 0 spiro atoms. The van der Waals surface area contributed by atoms with Crippen LogP contribution in [0.2, 0.25) is 0 Å². The van der Waals surface area contributed by atoms with Crippen LogP contribution in [-0.2, 0) is 10.0 Å². The Kier molecular flexibility index (Phi) is 3.56. The average Bonchev–Trinajstić information content (AvgIpc) is 2.73. The van der Waals surface area contributed by atoms with Crippen LogP contribution < -0.4 is 10.5 Å². The molecule has 2 rings (SSSR count). The first-order valence-electron chi connectivity index (χ1n) is 5.75. The van der Waals surface area contributed by atoms with E-state index in [-0.39, 0.29) is 0 Å². The highest BCUT2D eigenvalue weighted by Crippen LogP contribution is 2.27. The van der Waals surface area contributed by atoms with Crippen molar-refractivity contribution in [2.24, 2.45) is 0 Å². The Labute approximate surface area is 117 Å². The summed E-state index contributed by atoms with van der Waals surface area (Å²) in [6.45, 7) is 5.62. The molecule has 0 radical (unpaired) electrons. The van der Waals surface area contributed by atoms with Gasteiger partial charge in [-0.25, -0.2) is 8.42 Å². The van der Waals surface area contributed by atoms with Crippen LogP contribution in [0.1, 0.15) is 16.0 Å². The molecule has 102 valence electrons. The summed E-state index contributed by atoms with van der Waals surface area (Å²) in [5.41, 5.74) is 8.70. The summed E-state index contributed by atoms with van der Waals surface area (Å²) >= 11 is 1.25. The molecule has 1 aromatic carbocycles. The van der Waals surface area contributed by atoms with Gasteiger partial charge in [0.05, 0.1) is 5.69 Å². The van der Waals surface area contributed by atoms with Crippen LogP contribution in [0.3, 0.4) is 0 Å². The second kappa shape index (κ2) is 4.86. The molecular weight excluding hydrogens is 280 g/mol. The van der Waals surface area contributed by atoms with E-state index >= 15 is 0 Å². The number of thiophene rings is 1. The van der Waals surface area contributed by atoms with Crippen LogP contribution >= 0.6 is 11.3 Å². The van der Waals surface area contributed by atoms with Crippen LogP contribution in [-0.4, -0.2) is 8.42 Å². The Morgan fingerprint density at radius 2 is 1.79 bits per heavy atom. The highest BCUT2D eigenvalue weighted by Gasteiger charge is 2.17. The number of nitrogens with one attached hydrogen (secondary N) is 1. The minimum Gasteiger partial charge on any atom is -0.398 e. The van der Waals surface area contributed by atoms with Crippen molar-refractivity contribution in [3.63, 3.8) is 0 Å².